The lowest BCUT2D eigenvalue weighted by molar-refractivity contribution is 0.116. The Hall–Kier alpha value is -0.835. The molecule has 0 aliphatic carbocycles. The third-order valence-electron chi connectivity index (χ3n) is 3.16. The largest absolute Gasteiger partial charge is 0.488 e. The van der Waals surface area contributed by atoms with Crippen LogP contribution in [0.2, 0.25) is 0 Å². The van der Waals surface area contributed by atoms with Gasteiger partial charge in [0.05, 0.1) is 6.61 Å². The van der Waals surface area contributed by atoms with Crippen LogP contribution in [0.15, 0.2) is 24.3 Å². The minimum atomic E-state index is -1.40. The average molecular weight is 264 g/mol. The average Bonchev–Trinajstić information content (AvgIpc) is 2.42. The lowest BCUT2D eigenvalue weighted by atomic mass is 9.80. The van der Waals surface area contributed by atoms with E-state index in [0.717, 1.165) is 18.6 Å². The predicted octanol–water partition coefficient (Wildman–Crippen LogP) is 2.24. The second-order valence-electron chi connectivity index (χ2n) is 4.94. The molecule has 0 radical (unpaired) electrons. The van der Waals surface area contributed by atoms with Gasteiger partial charge in [0.15, 0.2) is 0 Å². The van der Waals surface area contributed by atoms with Gasteiger partial charge in [-0.25, -0.2) is 0 Å². The highest BCUT2D eigenvalue weighted by atomic mass is 16.5. The molecule has 0 fully saturated rings. The van der Waals surface area contributed by atoms with Crippen molar-refractivity contribution in [2.24, 2.45) is 0 Å². The smallest absolute Gasteiger partial charge is 0.423 e. The lowest BCUT2D eigenvalue weighted by Gasteiger charge is -2.06. The van der Waals surface area contributed by atoms with Crippen molar-refractivity contribution in [3.8, 4) is 0 Å². The summed E-state index contributed by atoms with van der Waals surface area (Å²) in [6.45, 7) is 3.54. The highest BCUT2D eigenvalue weighted by molar-refractivity contribution is 6.58. The van der Waals surface area contributed by atoms with E-state index in [1.165, 1.54) is 32.1 Å². The molecule has 2 N–H and O–H groups in total. The predicted molar refractivity (Wildman–Crippen MR) is 79.3 cm³/mol. The summed E-state index contributed by atoms with van der Waals surface area (Å²) in [6, 6.07) is 7.22. The minimum Gasteiger partial charge on any atom is -0.423 e. The van der Waals surface area contributed by atoms with Gasteiger partial charge < -0.3 is 14.8 Å². The van der Waals surface area contributed by atoms with Crippen molar-refractivity contribution >= 4 is 12.6 Å². The van der Waals surface area contributed by atoms with Gasteiger partial charge in [0.1, 0.15) is 0 Å². The molecule has 0 aliphatic rings. The second-order valence-corrected chi connectivity index (χ2v) is 4.94. The third kappa shape index (κ3) is 7.36. The van der Waals surface area contributed by atoms with Crippen LogP contribution in [0, 0.1) is 0 Å². The van der Waals surface area contributed by atoms with Crippen LogP contribution in [0.1, 0.15) is 51.0 Å². The van der Waals surface area contributed by atoms with Crippen LogP contribution in [0.3, 0.4) is 0 Å². The summed E-state index contributed by atoms with van der Waals surface area (Å²) >= 11 is 0. The van der Waals surface area contributed by atoms with Crippen molar-refractivity contribution in [3.63, 3.8) is 0 Å². The van der Waals surface area contributed by atoms with Crippen LogP contribution in [0.5, 0.6) is 0 Å². The topological polar surface area (TPSA) is 49.7 Å². The maximum absolute atomic E-state index is 9.08. The fourth-order valence-electron chi connectivity index (χ4n) is 2.02. The summed E-state index contributed by atoms with van der Waals surface area (Å²) in [5.41, 5.74) is 1.50. The van der Waals surface area contributed by atoms with Gasteiger partial charge in [-0.2, -0.15) is 0 Å². The number of rotatable bonds is 10. The van der Waals surface area contributed by atoms with E-state index in [-0.39, 0.29) is 0 Å². The first-order valence-electron chi connectivity index (χ1n) is 7.26. The van der Waals surface area contributed by atoms with Crippen LogP contribution in [-0.2, 0) is 11.3 Å². The molecule has 0 saturated carbocycles. The van der Waals surface area contributed by atoms with E-state index in [0.29, 0.717) is 12.1 Å². The van der Waals surface area contributed by atoms with Crippen molar-refractivity contribution in [2.75, 3.05) is 6.61 Å². The Morgan fingerprint density at radius 1 is 1.05 bits per heavy atom. The molecule has 4 heteroatoms. The van der Waals surface area contributed by atoms with Gasteiger partial charge in [0.2, 0.25) is 0 Å². The Bertz CT molecular complexity index is 342. The summed E-state index contributed by atoms with van der Waals surface area (Å²) in [4.78, 5) is 0. The summed E-state index contributed by atoms with van der Waals surface area (Å²) in [6.07, 6.45) is 7.57. The van der Waals surface area contributed by atoms with Crippen molar-refractivity contribution in [2.45, 2.75) is 52.1 Å². The quantitative estimate of drug-likeness (QED) is 0.503. The van der Waals surface area contributed by atoms with Gasteiger partial charge in [0.25, 0.3) is 0 Å². The molecule has 1 aromatic carbocycles. The second kappa shape index (κ2) is 10.0. The molecule has 3 nitrogen and oxygen atoms in total. The van der Waals surface area contributed by atoms with Gasteiger partial charge in [-0.15, -0.1) is 0 Å². The molecule has 0 aliphatic heterocycles. The zero-order chi connectivity index (χ0) is 13.9. The van der Waals surface area contributed by atoms with E-state index in [1.807, 2.05) is 12.1 Å². The van der Waals surface area contributed by atoms with E-state index in [9.17, 15) is 0 Å². The Kier molecular flexibility index (Phi) is 8.55. The standard InChI is InChI=1S/C15H25BO3/c1-2-3-4-5-6-7-11-19-13-14-9-8-10-15(12-14)16(17)18/h8-10,12,17-18H,2-7,11,13H2,1H3. The molecule has 1 rings (SSSR count). The van der Waals surface area contributed by atoms with Crippen molar-refractivity contribution < 1.29 is 14.8 Å². The van der Waals surface area contributed by atoms with Crippen molar-refractivity contribution in [1.29, 1.82) is 0 Å². The normalized spacial score (nSPS) is 10.7. The molecule has 19 heavy (non-hydrogen) atoms. The van der Waals surface area contributed by atoms with E-state index in [2.05, 4.69) is 6.92 Å². The van der Waals surface area contributed by atoms with E-state index < -0.39 is 7.12 Å². The van der Waals surface area contributed by atoms with Crippen LogP contribution < -0.4 is 5.46 Å². The molecule has 0 saturated heterocycles. The summed E-state index contributed by atoms with van der Waals surface area (Å²) < 4.78 is 5.60. The zero-order valence-corrected chi connectivity index (χ0v) is 11.8. The van der Waals surface area contributed by atoms with E-state index in [1.54, 1.807) is 12.1 Å². The number of hydrogen-bond acceptors (Lipinski definition) is 3. The van der Waals surface area contributed by atoms with E-state index >= 15 is 0 Å². The molecule has 0 atom stereocenters. The molecule has 0 amide bonds. The zero-order valence-electron chi connectivity index (χ0n) is 11.8. The van der Waals surface area contributed by atoms with Crippen LogP contribution in [-0.4, -0.2) is 23.8 Å². The Morgan fingerprint density at radius 2 is 1.79 bits per heavy atom. The highest BCUT2D eigenvalue weighted by Gasteiger charge is 2.10. The van der Waals surface area contributed by atoms with Gasteiger partial charge in [-0.3, -0.25) is 0 Å². The maximum Gasteiger partial charge on any atom is 0.488 e. The van der Waals surface area contributed by atoms with Gasteiger partial charge >= 0.3 is 7.12 Å². The molecule has 0 bridgehead atoms. The van der Waals surface area contributed by atoms with Gasteiger partial charge in [0, 0.05) is 6.61 Å². The lowest BCUT2D eigenvalue weighted by Crippen LogP contribution is -2.29. The molecule has 106 valence electrons. The molecule has 0 unspecified atom stereocenters. The fourth-order valence-corrected chi connectivity index (χ4v) is 2.02. The molecule has 0 aromatic heterocycles. The number of hydrogen-bond donors (Lipinski definition) is 2. The number of unbranched alkanes of at least 4 members (excludes halogenated alkanes) is 5. The summed E-state index contributed by atoms with van der Waals surface area (Å²) in [7, 11) is -1.40. The van der Waals surface area contributed by atoms with Crippen molar-refractivity contribution in [3.05, 3.63) is 29.8 Å². The van der Waals surface area contributed by atoms with Crippen LogP contribution >= 0.6 is 0 Å². The Balaban J connectivity index is 2.10. The molecule has 0 heterocycles. The van der Waals surface area contributed by atoms with Crippen LogP contribution in [0.4, 0.5) is 0 Å². The SMILES string of the molecule is CCCCCCCCOCc1cccc(B(O)O)c1. The molecular weight excluding hydrogens is 239 g/mol. The third-order valence-corrected chi connectivity index (χ3v) is 3.16. The molecular formula is C15H25BO3. The molecule has 0 spiro atoms. The summed E-state index contributed by atoms with van der Waals surface area (Å²) in [5.74, 6) is 0. The first-order chi connectivity index (χ1) is 9.24. The minimum absolute atomic E-state index is 0.515. The first kappa shape index (κ1) is 16.2. The van der Waals surface area contributed by atoms with Gasteiger partial charge in [-0.1, -0.05) is 63.3 Å². The van der Waals surface area contributed by atoms with Gasteiger partial charge in [-0.05, 0) is 17.4 Å². The Labute approximate surface area is 116 Å². The first-order valence-corrected chi connectivity index (χ1v) is 7.26. The fraction of sp³-hybridized carbons (Fsp3) is 0.600. The monoisotopic (exact) mass is 264 g/mol. The highest BCUT2D eigenvalue weighted by Crippen LogP contribution is 2.06. The Morgan fingerprint density at radius 3 is 2.53 bits per heavy atom. The van der Waals surface area contributed by atoms with E-state index in [4.69, 9.17) is 14.8 Å². The number of ether oxygens (including phenoxy) is 1. The molecule has 1 aromatic rings. The van der Waals surface area contributed by atoms with Crippen molar-refractivity contribution in [1.82, 2.24) is 0 Å². The summed E-state index contributed by atoms with van der Waals surface area (Å²) in [5, 5.41) is 18.2. The number of benzene rings is 1. The van der Waals surface area contributed by atoms with Crippen LogP contribution in [0.25, 0.3) is 0 Å². The maximum atomic E-state index is 9.08.